The van der Waals surface area contributed by atoms with Gasteiger partial charge in [-0.2, -0.15) is 0 Å². The summed E-state index contributed by atoms with van der Waals surface area (Å²) in [5.41, 5.74) is 0.758. The van der Waals surface area contributed by atoms with Crippen LogP contribution in [0.4, 0.5) is 13.6 Å². The Morgan fingerprint density at radius 3 is 2.61 bits per heavy atom. The van der Waals surface area contributed by atoms with Crippen molar-refractivity contribution in [2.24, 2.45) is 0 Å². The van der Waals surface area contributed by atoms with Gasteiger partial charge in [0.1, 0.15) is 0 Å². The third kappa shape index (κ3) is 5.15. The maximum absolute atomic E-state index is 13.2. The number of likely N-dealkylation sites (tertiary alicyclic amines) is 1. The number of carboxylic acid groups (broad SMARTS) is 1. The van der Waals surface area contributed by atoms with Gasteiger partial charge in [0.2, 0.25) is 0 Å². The zero-order valence-corrected chi connectivity index (χ0v) is 12.6. The summed E-state index contributed by atoms with van der Waals surface area (Å²) in [6, 6.07) is 3.08. The Kier molecular flexibility index (Phi) is 5.46. The number of piperidine rings is 1. The molecule has 23 heavy (non-hydrogen) atoms. The lowest BCUT2D eigenvalue weighted by atomic mass is 10.1. The molecule has 0 aromatic carbocycles. The fourth-order valence-corrected chi connectivity index (χ4v) is 2.41. The number of pyridine rings is 1. The first-order valence-corrected chi connectivity index (χ1v) is 7.40. The van der Waals surface area contributed by atoms with E-state index in [1.165, 1.54) is 9.80 Å². The van der Waals surface area contributed by atoms with Crippen LogP contribution in [0.15, 0.2) is 24.5 Å². The van der Waals surface area contributed by atoms with Crippen molar-refractivity contribution in [3.05, 3.63) is 30.1 Å². The maximum Gasteiger partial charge on any atom is 0.320 e. The van der Waals surface area contributed by atoms with E-state index in [-0.39, 0.29) is 45.4 Å². The Morgan fingerprint density at radius 2 is 2.04 bits per heavy atom. The van der Waals surface area contributed by atoms with Gasteiger partial charge in [0, 0.05) is 51.4 Å². The molecule has 1 aromatic heterocycles. The second-order valence-corrected chi connectivity index (χ2v) is 5.55. The zero-order valence-electron chi connectivity index (χ0n) is 12.6. The lowest BCUT2D eigenvalue weighted by Crippen LogP contribution is -2.49. The fraction of sp³-hybridized carbons (Fsp3) is 0.533. The van der Waals surface area contributed by atoms with Gasteiger partial charge in [-0.3, -0.25) is 9.78 Å². The van der Waals surface area contributed by atoms with Gasteiger partial charge in [-0.05, 0) is 11.6 Å². The molecule has 0 spiro atoms. The smallest absolute Gasteiger partial charge is 0.320 e. The van der Waals surface area contributed by atoms with E-state index < -0.39 is 17.9 Å². The number of carbonyl (C=O) groups is 2. The number of aliphatic carboxylic acids is 1. The lowest BCUT2D eigenvalue weighted by molar-refractivity contribution is -0.137. The number of urea groups is 1. The molecular weight excluding hydrogens is 308 g/mol. The van der Waals surface area contributed by atoms with Crippen molar-refractivity contribution in [1.29, 1.82) is 0 Å². The molecule has 0 atom stereocenters. The molecule has 2 heterocycles. The Bertz CT molecular complexity index is 544. The Hall–Kier alpha value is -2.25. The van der Waals surface area contributed by atoms with Crippen LogP contribution in [-0.4, -0.2) is 57.4 Å². The van der Waals surface area contributed by atoms with Crippen LogP contribution in [0.3, 0.4) is 0 Å². The number of alkyl halides is 2. The first kappa shape index (κ1) is 17.1. The molecule has 0 aliphatic carbocycles. The molecule has 1 aromatic rings. The predicted octanol–water partition coefficient (Wildman–Crippen LogP) is 2.21. The molecule has 1 aliphatic heterocycles. The summed E-state index contributed by atoms with van der Waals surface area (Å²) in [6.07, 6.45) is 2.26. The number of hydrogen-bond acceptors (Lipinski definition) is 3. The van der Waals surface area contributed by atoms with Crippen molar-refractivity contribution < 1.29 is 23.5 Å². The second kappa shape index (κ2) is 7.34. The molecule has 0 unspecified atom stereocenters. The van der Waals surface area contributed by atoms with Crippen LogP contribution in [-0.2, 0) is 11.3 Å². The van der Waals surface area contributed by atoms with Crippen molar-refractivity contribution in [2.75, 3.05) is 19.6 Å². The lowest BCUT2D eigenvalue weighted by Gasteiger charge is -2.35. The van der Waals surface area contributed by atoms with E-state index in [1.54, 1.807) is 24.5 Å². The van der Waals surface area contributed by atoms with Gasteiger partial charge in [0.05, 0.1) is 6.42 Å². The van der Waals surface area contributed by atoms with Gasteiger partial charge in [0.15, 0.2) is 0 Å². The summed E-state index contributed by atoms with van der Waals surface area (Å²) in [7, 11) is 0. The van der Waals surface area contributed by atoms with Crippen molar-refractivity contribution in [1.82, 2.24) is 14.8 Å². The second-order valence-electron chi connectivity index (χ2n) is 5.55. The van der Waals surface area contributed by atoms with Crippen LogP contribution in [0.5, 0.6) is 0 Å². The molecule has 1 saturated heterocycles. The quantitative estimate of drug-likeness (QED) is 0.900. The molecule has 0 radical (unpaired) electrons. The van der Waals surface area contributed by atoms with Gasteiger partial charge in [-0.15, -0.1) is 0 Å². The topological polar surface area (TPSA) is 73.7 Å². The summed E-state index contributed by atoms with van der Waals surface area (Å²) >= 11 is 0. The van der Waals surface area contributed by atoms with E-state index in [0.717, 1.165) is 5.56 Å². The van der Waals surface area contributed by atoms with Crippen LogP contribution >= 0.6 is 0 Å². The average Bonchev–Trinajstić information content (AvgIpc) is 2.51. The summed E-state index contributed by atoms with van der Waals surface area (Å²) in [5, 5.41) is 8.83. The molecule has 0 bridgehead atoms. The molecule has 0 saturated carbocycles. The minimum absolute atomic E-state index is 0.0238. The number of aromatic nitrogens is 1. The highest BCUT2D eigenvalue weighted by atomic mass is 19.3. The highest BCUT2D eigenvalue weighted by Crippen LogP contribution is 2.28. The molecule has 8 heteroatoms. The molecule has 2 amide bonds. The van der Waals surface area contributed by atoms with Gasteiger partial charge < -0.3 is 14.9 Å². The highest BCUT2D eigenvalue weighted by molar-refractivity contribution is 5.75. The molecule has 6 nitrogen and oxygen atoms in total. The van der Waals surface area contributed by atoms with Crippen LogP contribution < -0.4 is 0 Å². The largest absolute Gasteiger partial charge is 0.481 e. The number of rotatable bonds is 5. The van der Waals surface area contributed by atoms with Crippen molar-refractivity contribution in [3.8, 4) is 0 Å². The number of hydrogen-bond donors (Lipinski definition) is 1. The van der Waals surface area contributed by atoms with E-state index in [0.29, 0.717) is 0 Å². The number of nitrogens with zero attached hydrogens (tertiary/aromatic N) is 3. The van der Waals surface area contributed by atoms with E-state index in [1.807, 2.05) is 0 Å². The molecule has 1 fully saturated rings. The van der Waals surface area contributed by atoms with Crippen molar-refractivity contribution >= 4 is 12.0 Å². The summed E-state index contributed by atoms with van der Waals surface area (Å²) in [4.78, 5) is 30.0. The number of carbonyl (C=O) groups excluding carboxylic acids is 1. The van der Waals surface area contributed by atoms with Gasteiger partial charge >= 0.3 is 12.0 Å². The SMILES string of the molecule is O=C(O)CCN(Cc1cccnc1)C(=O)N1CCC(F)(F)CC1. The van der Waals surface area contributed by atoms with E-state index in [9.17, 15) is 18.4 Å². The maximum atomic E-state index is 13.2. The van der Waals surface area contributed by atoms with E-state index in [4.69, 9.17) is 5.11 Å². The first-order chi connectivity index (χ1) is 10.9. The van der Waals surface area contributed by atoms with Gasteiger partial charge in [0.25, 0.3) is 5.92 Å². The third-order valence-electron chi connectivity index (χ3n) is 3.73. The van der Waals surface area contributed by atoms with Crippen LogP contribution in [0.1, 0.15) is 24.8 Å². The Labute approximate surface area is 132 Å². The Morgan fingerprint density at radius 1 is 1.35 bits per heavy atom. The number of halogens is 2. The predicted molar refractivity (Wildman–Crippen MR) is 78.0 cm³/mol. The minimum atomic E-state index is -2.73. The van der Waals surface area contributed by atoms with Crippen molar-refractivity contribution in [3.63, 3.8) is 0 Å². The number of amides is 2. The molecule has 2 rings (SSSR count). The average molecular weight is 327 g/mol. The summed E-state index contributed by atoms with van der Waals surface area (Å²) < 4.78 is 26.4. The highest BCUT2D eigenvalue weighted by Gasteiger charge is 2.36. The minimum Gasteiger partial charge on any atom is -0.481 e. The van der Waals surface area contributed by atoms with E-state index in [2.05, 4.69) is 4.98 Å². The molecule has 126 valence electrons. The molecule has 1 N–H and O–H groups in total. The van der Waals surface area contributed by atoms with Crippen molar-refractivity contribution in [2.45, 2.75) is 31.7 Å². The molecule has 1 aliphatic rings. The monoisotopic (exact) mass is 327 g/mol. The Balaban J connectivity index is 2.03. The first-order valence-electron chi connectivity index (χ1n) is 7.40. The molecular formula is C15H19F2N3O3. The normalized spacial score (nSPS) is 16.9. The third-order valence-corrected chi connectivity index (χ3v) is 3.73. The van der Waals surface area contributed by atoms with Gasteiger partial charge in [-0.25, -0.2) is 13.6 Å². The van der Waals surface area contributed by atoms with Crippen LogP contribution in [0.2, 0.25) is 0 Å². The van der Waals surface area contributed by atoms with Gasteiger partial charge in [-0.1, -0.05) is 6.07 Å². The summed E-state index contributed by atoms with van der Waals surface area (Å²) in [6.45, 7) is 0.174. The number of carboxylic acids is 1. The summed E-state index contributed by atoms with van der Waals surface area (Å²) in [5.74, 6) is -3.74. The van der Waals surface area contributed by atoms with E-state index >= 15 is 0 Å². The fourth-order valence-electron chi connectivity index (χ4n) is 2.41. The van der Waals surface area contributed by atoms with Crippen LogP contribution in [0.25, 0.3) is 0 Å². The zero-order chi connectivity index (χ0) is 16.9. The standard InChI is InChI=1S/C15H19F2N3O3/c16-15(17)4-8-19(9-5-15)14(23)20(7-3-13(21)22)11-12-2-1-6-18-10-12/h1-2,6,10H,3-5,7-9,11H2,(H,21,22). The van der Waals surface area contributed by atoms with Crippen LogP contribution in [0, 0.1) is 0 Å².